The zero-order valence-corrected chi connectivity index (χ0v) is 26.4. The van der Waals surface area contributed by atoms with Crippen LogP contribution in [0.15, 0.2) is 24.3 Å². The van der Waals surface area contributed by atoms with Gasteiger partial charge in [-0.2, -0.15) is 0 Å². The molecule has 2 saturated heterocycles. The van der Waals surface area contributed by atoms with Crippen LogP contribution in [-0.2, 0) is 18.9 Å². The smallest absolute Gasteiger partial charge is 0.187 e. The van der Waals surface area contributed by atoms with Crippen LogP contribution in [0.5, 0.6) is 0 Å². The predicted octanol–water partition coefficient (Wildman–Crippen LogP) is 1.15. The number of allylic oxidation sites excluding steroid dienone is 1. The van der Waals surface area contributed by atoms with Crippen molar-refractivity contribution < 1.29 is 54.7 Å². The Morgan fingerprint density at radius 3 is 2.30 bits per heavy atom. The Morgan fingerprint density at radius 1 is 1.00 bits per heavy atom. The van der Waals surface area contributed by atoms with E-state index in [1.54, 1.807) is 13.0 Å². The van der Waals surface area contributed by atoms with Gasteiger partial charge in [-0.1, -0.05) is 38.5 Å². The fraction of sp³-hybridized carbons (Fsp3) is 0.875. The Labute approximate surface area is 255 Å². The SMILES string of the molecule is C=C[C@](C)(O)CC[C@]1(C)[C@@H](C)CC(O[C@@H]2O[C@H](CO)[C@@H](O)[C@H](O)[C@H]2O[C@@H]2O[C@@H](C)[C@H](O)[C@@H](O)[C@H]2O)[C@]2(C)C(C)=CCC[C@@H]12. The van der Waals surface area contributed by atoms with Crippen LogP contribution in [0.2, 0.25) is 0 Å². The molecule has 43 heavy (non-hydrogen) atoms. The highest BCUT2D eigenvalue weighted by Crippen LogP contribution is 2.63. The van der Waals surface area contributed by atoms with Gasteiger partial charge < -0.3 is 54.7 Å². The van der Waals surface area contributed by atoms with E-state index in [0.717, 1.165) is 19.3 Å². The predicted molar refractivity (Wildman–Crippen MR) is 156 cm³/mol. The normalized spacial score (nSPS) is 50.3. The largest absolute Gasteiger partial charge is 0.394 e. The van der Waals surface area contributed by atoms with Crippen LogP contribution in [0, 0.1) is 22.7 Å². The number of aliphatic hydroxyl groups excluding tert-OH is 6. The zero-order valence-electron chi connectivity index (χ0n) is 26.4. The number of hydrogen-bond donors (Lipinski definition) is 7. The summed E-state index contributed by atoms with van der Waals surface area (Å²) in [5.41, 5.74) is -0.377. The lowest BCUT2D eigenvalue weighted by Gasteiger charge is -2.61. The topological polar surface area (TPSA) is 179 Å². The number of hydrogen-bond acceptors (Lipinski definition) is 11. The fourth-order valence-corrected chi connectivity index (χ4v) is 7.93. The molecule has 0 bridgehead atoms. The minimum atomic E-state index is -1.64. The number of rotatable bonds is 9. The molecule has 0 aromatic rings. The molecule has 11 heteroatoms. The lowest BCUT2D eigenvalue weighted by molar-refractivity contribution is -0.375. The summed E-state index contributed by atoms with van der Waals surface area (Å²) in [6.07, 6.45) is -6.48. The molecule has 0 amide bonds. The number of aliphatic hydroxyl groups is 7. The zero-order chi connectivity index (χ0) is 32.1. The monoisotopic (exact) mass is 614 g/mol. The van der Waals surface area contributed by atoms with Gasteiger partial charge in [0, 0.05) is 5.41 Å². The maximum Gasteiger partial charge on any atom is 0.187 e. The van der Waals surface area contributed by atoms with E-state index in [1.165, 1.54) is 12.5 Å². The third-order valence-corrected chi connectivity index (χ3v) is 11.5. The van der Waals surface area contributed by atoms with Gasteiger partial charge in [-0.05, 0) is 70.1 Å². The summed E-state index contributed by atoms with van der Waals surface area (Å²) in [4.78, 5) is 0. The van der Waals surface area contributed by atoms with Crippen molar-refractivity contribution in [1.82, 2.24) is 0 Å². The second-order valence-electron chi connectivity index (χ2n) is 14.1. The van der Waals surface area contributed by atoms with E-state index >= 15 is 0 Å². The van der Waals surface area contributed by atoms with Crippen LogP contribution in [0.4, 0.5) is 0 Å². The van der Waals surface area contributed by atoms with Crippen molar-refractivity contribution in [3.63, 3.8) is 0 Å². The van der Waals surface area contributed by atoms with Crippen LogP contribution in [0.25, 0.3) is 0 Å². The molecule has 7 N–H and O–H groups in total. The van der Waals surface area contributed by atoms with Crippen molar-refractivity contribution in [3.05, 3.63) is 24.3 Å². The van der Waals surface area contributed by atoms with Crippen molar-refractivity contribution in [1.29, 1.82) is 0 Å². The summed E-state index contributed by atoms with van der Waals surface area (Å²) in [5.74, 6) is 0.364. The molecular formula is C32H54O11. The minimum absolute atomic E-state index is 0.128. The van der Waals surface area contributed by atoms with Crippen LogP contribution in [-0.4, -0.2) is 115 Å². The Hall–Kier alpha value is -0.960. The van der Waals surface area contributed by atoms with E-state index in [4.69, 9.17) is 18.9 Å². The maximum atomic E-state index is 11.2. The first kappa shape index (κ1) is 34.9. The molecule has 1 unspecified atom stereocenters. The average Bonchev–Trinajstić information content (AvgIpc) is 2.97. The van der Waals surface area contributed by atoms with Gasteiger partial charge in [-0.15, -0.1) is 6.58 Å². The highest BCUT2D eigenvalue weighted by atomic mass is 16.8. The molecule has 0 aromatic carbocycles. The van der Waals surface area contributed by atoms with Crippen LogP contribution in [0.3, 0.4) is 0 Å². The Balaban J connectivity index is 1.64. The van der Waals surface area contributed by atoms with Crippen LogP contribution < -0.4 is 0 Å². The second-order valence-corrected chi connectivity index (χ2v) is 14.1. The first-order valence-electron chi connectivity index (χ1n) is 15.7. The molecule has 1 saturated carbocycles. The Bertz CT molecular complexity index is 1000. The molecule has 2 aliphatic heterocycles. The Morgan fingerprint density at radius 2 is 1.67 bits per heavy atom. The summed E-state index contributed by atoms with van der Waals surface area (Å²) in [5, 5.41) is 73.6. The first-order valence-corrected chi connectivity index (χ1v) is 15.7. The summed E-state index contributed by atoms with van der Waals surface area (Å²) in [6, 6.07) is 0. The molecule has 0 aromatic heterocycles. The van der Waals surface area contributed by atoms with Crippen molar-refractivity contribution in [2.45, 2.75) is 147 Å². The van der Waals surface area contributed by atoms with E-state index in [9.17, 15) is 35.7 Å². The Kier molecular flexibility index (Phi) is 10.6. The molecular weight excluding hydrogens is 560 g/mol. The quantitative estimate of drug-likeness (QED) is 0.185. The van der Waals surface area contributed by atoms with E-state index in [1.807, 2.05) is 0 Å². The van der Waals surface area contributed by atoms with E-state index < -0.39 is 85.1 Å². The van der Waals surface area contributed by atoms with Gasteiger partial charge in [-0.3, -0.25) is 0 Å². The molecule has 11 nitrogen and oxygen atoms in total. The highest BCUT2D eigenvalue weighted by Gasteiger charge is 2.60. The average molecular weight is 615 g/mol. The van der Waals surface area contributed by atoms with Crippen molar-refractivity contribution >= 4 is 0 Å². The summed E-state index contributed by atoms with van der Waals surface area (Å²) in [7, 11) is 0. The lowest BCUT2D eigenvalue weighted by atomic mass is 9.45. The van der Waals surface area contributed by atoms with E-state index in [0.29, 0.717) is 12.8 Å². The summed E-state index contributed by atoms with van der Waals surface area (Å²) < 4.78 is 24.4. The molecule has 248 valence electrons. The molecule has 3 fully saturated rings. The molecule has 2 heterocycles. The van der Waals surface area contributed by atoms with Crippen molar-refractivity contribution in [2.75, 3.05) is 6.61 Å². The van der Waals surface area contributed by atoms with Gasteiger partial charge in [0.2, 0.25) is 0 Å². The number of fused-ring (bicyclic) bond motifs is 1. The first-order chi connectivity index (χ1) is 20.0. The van der Waals surface area contributed by atoms with E-state index in [2.05, 4.69) is 40.3 Å². The van der Waals surface area contributed by atoms with Gasteiger partial charge in [0.1, 0.15) is 42.7 Å². The molecule has 16 atom stereocenters. The van der Waals surface area contributed by atoms with Crippen LogP contribution >= 0.6 is 0 Å². The molecule has 4 rings (SSSR count). The van der Waals surface area contributed by atoms with Gasteiger partial charge in [0.05, 0.1) is 24.4 Å². The second kappa shape index (κ2) is 13.0. The molecule has 0 radical (unpaired) electrons. The third-order valence-electron chi connectivity index (χ3n) is 11.5. The minimum Gasteiger partial charge on any atom is -0.394 e. The van der Waals surface area contributed by atoms with Gasteiger partial charge >= 0.3 is 0 Å². The van der Waals surface area contributed by atoms with Gasteiger partial charge in [0.15, 0.2) is 12.6 Å². The highest BCUT2D eigenvalue weighted by molar-refractivity contribution is 5.24. The molecule has 0 spiro atoms. The summed E-state index contributed by atoms with van der Waals surface area (Å²) >= 11 is 0. The van der Waals surface area contributed by atoms with Crippen molar-refractivity contribution in [3.8, 4) is 0 Å². The van der Waals surface area contributed by atoms with Crippen molar-refractivity contribution in [2.24, 2.45) is 22.7 Å². The number of ether oxygens (including phenoxy) is 4. The third kappa shape index (κ3) is 6.38. The fourth-order valence-electron chi connectivity index (χ4n) is 7.93. The van der Waals surface area contributed by atoms with Gasteiger partial charge in [0.25, 0.3) is 0 Å². The standard InChI is InChI=1S/C32H54O11/c1-8-30(5,39)12-13-31(6)17(3)14-21(32(7)16(2)10-9-11-20(31)32)42-29-27(25(37)23(35)19(15-33)41-29)43-28-26(38)24(36)22(34)18(4)40-28/h8,10,17-29,33-39H,1,9,11-15H2,2-7H3/t17-,18-,19+,20-,21?,22-,23+,24+,25-,26+,27+,28-,29-,30-,31+,32+/m0/s1. The lowest BCUT2D eigenvalue weighted by Crippen LogP contribution is -2.65. The maximum absolute atomic E-state index is 11.2. The van der Waals surface area contributed by atoms with Gasteiger partial charge in [-0.25, -0.2) is 0 Å². The van der Waals surface area contributed by atoms with E-state index in [-0.39, 0.29) is 17.3 Å². The summed E-state index contributed by atoms with van der Waals surface area (Å²) in [6.45, 7) is 15.3. The molecule has 4 aliphatic rings. The van der Waals surface area contributed by atoms with Crippen LogP contribution in [0.1, 0.15) is 73.6 Å². The molecule has 2 aliphatic carbocycles.